The van der Waals surface area contributed by atoms with Gasteiger partial charge in [0.1, 0.15) is 0 Å². The van der Waals surface area contributed by atoms with E-state index in [0.717, 1.165) is 48.4 Å². The molecule has 0 aliphatic carbocycles. The number of para-hydroxylation sites is 1. The fraction of sp³-hybridized carbons (Fsp3) is 0.250. The molecular weight excluding hydrogens is 380 g/mol. The standard InChI is InChI=1S/C24H23ClN4/c1-18-7-10-21(25)15-22(18)24-26-16-19(17-27-24)8-9-20-5-3-4-6-23(20)29-13-11-28(2)12-14-29/h3-7,10,15-17H,11-14H2,1-2H3. The Hall–Kier alpha value is -2.87. The molecule has 1 fully saturated rings. The van der Waals surface area contributed by atoms with E-state index in [-0.39, 0.29) is 0 Å². The van der Waals surface area contributed by atoms with Crippen LogP contribution in [0.5, 0.6) is 0 Å². The van der Waals surface area contributed by atoms with E-state index < -0.39 is 0 Å². The largest absolute Gasteiger partial charge is 0.368 e. The Bertz CT molecular complexity index is 1060. The summed E-state index contributed by atoms with van der Waals surface area (Å²) in [6.45, 7) is 6.20. The number of aromatic nitrogens is 2. The van der Waals surface area contributed by atoms with Crippen LogP contribution in [0.1, 0.15) is 16.7 Å². The maximum atomic E-state index is 6.12. The van der Waals surface area contributed by atoms with Crippen LogP contribution in [-0.2, 0) is 0 Å². The van der Waals surface area contributed by atoms with Crippen LogP contribution in [0, 0.1) is 18.8 Å². The van der Waals surface area contributed by atoms with Gasteiger partial charge in [-0.15, -0.1) is 0 Å². The number of halogens is 1. The molecule has 1 aliphatic heterocycles. The van der Waals surface area contributed by atoms with Gasteiger partial charge in [0.05, 0.1) is 11.3 Å². The molecule has 4 nitrogen and oxygen atoms in total. The monoisotopic (exact) mass is 402 g/mol. The highest BCUT2D eigenvalue weighted by molar-refractivity contribution is 6.30. The topological polar surface area (TPSA) is 32.3 Å². The van der Waals surface area contributed by atoms with Crippen molar-refractivity contribution >= 4 is 17.3 Å². The summed E-state index contributed by atoms with van der Waals surface area (Å²) in [7, 11) is 2.16. The third-order valence-corrected chi connectivity index (χ3v) is 5.42. The van der Waals surface area contributed by atoms with E-state index in [1.807, 2.05) is 31.2 Å². The lowest BCUT2D eigenvalue weighted by atomic mass is 10.1. The summed E-state index contributed by atoms with van der Waals surface area (Å²) in [5, 5.41) is 0.679. The summed E-state index contributed by atoms with van der Waals surface area (Å²) >= 11 is 6.12. The van der Waals surface area contributed by atoms with Crippen molar-refractivity contribution in [1.29, 1.82) is 0 Å². The zero-order valence-corrected chi connectivity index (χ0v) is 17.4. The number of nitrogens with zero attached hydrogens (tertiary/aromatic N) is 4. The lowest BCUT2D eigenvalue weighted by molar-refractivity contribution is 0.313. The molecule has 29 heavy (non-hydrogen) atoms. The smallest absolute Gasteiger partial charge is 0.159 e. The molecule has 0 radical (unpaired) electrons. The van der Waals surface area contributed by atoms with Crippen LogP contribution in [0.25, 0.3) is 11.4 Å². The van der Waals surface area contributed by atoms with Crippen molar-refractivity contribution < 1.29 is 0 Å². The summed E-state index contributed by atoms with van der Waals surface area (Å²) in [5.74, 6) is 7.19. The lowest BCUT2D eigenvalue weighted by Gasteiger charge is -2.34. The van der Waals surface area contributed by atoms with Gasteiger partial charge in [-0.05, 0) is 43.8 Å². The Labute approximate surface area is 177 Å². The van der Waals surface area contributed by atoms with Crippen molar-refractivity contribution in [2.45, 2.75) is 6.92 Å². The van der Waals surface area contributed by atoms with E-state index >= 15 is 0 Å². The summed E-state index contributed by atoms with van der Waals surface area (Å²) in [6.07, 6.45) is 3.54. The Kier molecular flexibility index (Phi) is 5.80. The van der Waals surface area contributed by atoms with Gasteiger partial charge in [-0.25, -0.2) is 9.97 Å². The average Bonchev–Trinajstić information content (AvgIpc) is 2.75. The van der Waals surface area contributed by atoms with Crippen LogP contribution >= 0.6 is 11.6 Å². The van der Waals surface area contributed by atoms with Crippen LogP contribution in [0.4, 0.5) is 5.69 Å². The average molecular weight is 403 g/mol. The maximum Gasteiger partial charge on any atom is 0.159 e. The number of piperazine rings is 1. The molecule has 1 saturated heterocycles. The number of hydrogen-bond donors (Lipinski definition) is 0. The van der Waals surface area contributed by atoms with Gasteiger partial charge in [-0.3, -0.25) is 0 Å². The lowest BCUT2D eigenvalue weighted by Crippen LogP contribution is -2.44. The van der Waals surface area contributed by atoms with Gasteiger partial charge in [-0.2, -0.15) is 0 Å². The van der Waals surface area contributed by atoms with E-state index in [4.69, 9.17) is 11.6 Å². The summed E-state index contributed by atoms with van der Waals surface area (Å²) in [5.41, 5.74) is 5.06. The van der Waals surface area contributed by atoms with E-state index in [1.54, 1.807) is 12.4 Å². The highest BCUT2D eigenvalue weighted by Gasteiger charge is 2.16. The molecule has 5 heteroatoms. The van der Waals surface area contributed by atoms with Crippen LogP contribution in [-0.4, -0.2) is 48.1 Å². The fourth-order valence-electron chi connectivity index (χ4n) is 3.41. The maximum absolute atomic E-state index is 6.12. The summed E-state index contributed by atoms with van der Waals surface area (Å²) in [4.78, 5) is 13.8. The van der Waals surface area contributed by atoms with Gasteiger partial charge in [0.15, 0.2) is 5.82 Å². The zero-order valence-electron chi connectivity index (χ0n) is 16.7. The highest BCUT2D eigenvalue weighted by Crippen LogP contribution is 2.24. The van der Waals surface area contributed by atoms with Crippen LogP contribution in [0.15, 0.2) is 54.9 Å². The first kappa shape index (κ1) is 19.4. The van der Waals surface area contributed by atoms with Gasteiger partial charge in [-0.1, -0.05) is 41.6 Å². The number of anilines is 1. The highest BCUT2D eigenvalue weighted by atomic mass is 35.5. The Morgan fingerprint density at radius 2 is 1.66 bits per heavy atom. The minimum atomic E-state index is 0.661. The van der Waals surface area contributed by atoms with E-state index in [9.17, 15) is 0 Å². The molecule has 0 spiro atoms. The Morgan fingerprint density at radius 1 is 0.931 bits per heavy atom. The van der Waals surface area contributed by atoms with Gasteiger partial charge >= 0.3 is 0 Å². The molecule has 4 rings (SSSR count). The quantitative estimate of drug-likeness (QED) is 0.599. The Balaban J connectivity index is 1.56. The van der Waals surface area contributed by atoms with Crippen LogP contribution in [0.3, 0.4) is 0 Å². The van der Waals surface area contributed by atoms with Crippen molar-refractivity contribution in [3.63, 3.8) is 0 Å². The SMILES string of the molecule is Cc1ccc(Cl)cc1-c1ncc(C#Cc2ccccc2N2CCN(C)CC2)cn1. The third kappa shape index (κ3) is 4.59. The molecule has 2 aromatic carbocycles. The molecule has 146 valence electrons. The molecule has 0 atom stereocenters. The number of likely N-dealkylation sites (N-methyl/N-ethyl adjacent to an activating group) is 1. The number of aryl methyl sites for hydroxylation is 1. The molecule has 0 amide bonds. The Morgan fingerprint density at radius 3 is 2.41 bits per heavy atom. The zero-order chi connectivity index (χ0) is 20.2. The molecule has 0 N–H and O–H groups in total. The van der Waals surface area contributed by atoms with Gasteiger partial charge < -0.3 is 9.80 Å². The van der Waals surface area contributed by atoms with Crippen LogP contribution in [0.2, 0.25) is 5.02 Å². The van der Waals surface area contributed by atoms with E-state index in [1.165, 1.54) is 5.69 Å². The first-order valence-electron chi connectivity index (χ1n) is 9.73. The number of benzene rings is 2. The first-order chi connectivity index (χ1) is 14.1. The number of rotatable bonds is 2. The normalized spacial score (nSPS) is 14.4. The molecule has 1 aliphatic rings. The third-order valence-electron chi connectivity index (χ3n) is 5.18. The molecule has 1 aromatic heterocycles. The molecule has 0 bridgehead atoms. The minimum Gasteiger partial charge on any atom is -0.368 e. The molecule has 0 saturated carbocycles. The second-order valence-electron chi connectivity index (χ2n) is 7.31. The van der Waals surface area contributed by atoms with E-state index in [2.05, 4.69) is 56.9 Å². The van der Waals surface area contributed by atoms with Gasteiger partial charge in [0.2, 0.25) is 0 Å². The van der Waals surface area contributed by atoms with Crippen LogP contribution < -0.4 is 4.90 Å². The first-order valence-corrected chi connectivity index (χ1v) is 10.1. The summed E-state index contributed by atoms with van der Waals surface area (Å²) in [6, 6.07) is 14.1. The number of hydrogen-bond acceptors (Lipinski definition) is 4. The molecule has 3 aromatic rings. The molecule has 2 heterocycles. The molecular formula is C24H23ClN4. The van der Waals surface area contributed by atoms with Gasteiger partial charge in [0, 0.05) is 54.7 Å². The minimum absolute atomic E-state index is 0.661. The van der Waals surface area contributed by atoms with Crippen molar-refractivity contribution in [2.75, 3.05) is 38.1 Å². The fourth-order valence-corrected chi connectivity index (χ4v) is 3.58. The predicted octanol–water partition coefficient (Wildman–Crippen LogP) is 4.26. The second kappa shape index (κ2) is 8.65. The summed E-state index contributed by atoms with van der Waals surface area (Å²) < 4.78 is 0. The van der Waals surface area contributed by atoms with Crippen molar-refractivity contribution in [3.05, 3.63) is 76.6 Å². The van der Waals surface area contributed by atoms with Crippen molar-refractivity contribution in [1.82, 2.24) is 14.9 Å². The predicted molar refractivity (Wildman–Crippen MR) is 119 cm³/mol. The second-order valence-corrected chi connectivity index (χ2v) is 7.75. The van der Waals surface area contributed by atoms with Crippen molar-refractivity contribution in [3.8, 4) is 23.2 Å². The van der Waals surface area contributed by atoms with Gasteiger partial charge in [0.25, 0.3) is 0 Å². The molecule has 0 unspecified atom stereocenters. The van der Waals surface area contributed by atoms with E-state index in [0.29, 0.717) is 10.8 Å². The van der Waals surface area contributed by atoms with Crippen molar-refractivity contribution in [2.24, 2.45) is 0 Å².